The molecule has 1 aromatic heterocycles. The van der Waals surface area contributed by atoms with Crippen LogP contribution in [0.2, 0.25) is 0 Å². The van der Waals surface area contributed by atoms with Gasteiger partial charge >= 0.3 is 0 Å². The maximum atomic E-state index is 11.7. The van der Waals surface area contributed by atoms with Crippen LogP contribution in [0, 0.1) is 5.92 Å². The van der Waals surface area contributed by atoms with Gasteiger partial charge < -0.3 is 4.90 Å². The van der Waals surface area contributed by atoms with E-state index in [2.05, 4.69) is 4.90 Å². The van der Waals surface area contributed by atoms with Crippen LogP contribution in [0.25, 0.3) is 11.3 Å². The summed E-state index contributed by atoms with van der Waals surface area (Å²) in [7, 11) is -3.73. The van der Waals surface area contributed by atoms with Crippen LogP contribution in [-0.4, -0.2) is 31.0 Å². The van der Waals surface area contributed by atoms with Crippen LogP contribution in [0.5, 0.6) is 0 Å². The van der Waals surface area contributed by atoms with Gasteiger partial charge in [-0.05, 0) is 50.2 Å². The molecule has 1 aromatic carbocycles. The highest BCUT2D eigenvalue weighted by molar-refractivity contribution is 7.89. The van der Waals surface area contributed by atoms with Crippen LogP contribution < -0.4 is 10.0 Å². The summed E-state index contributed by atoms with van der Waals surface area (Å²) in [6.45, 7) is 1.04. The van der Waals surface area contributed by atoms with Gasteiger partial charge in [0.25, 0.3) is 0 Å². The molecule has 2 aliphatic carbocycles. The highest BCUT2D eigenvalue weighted by atomic mass is 32.2. The minimum atomic E-state index is -3.73. The molecule has 136 valence electrons. The fourth-order valence-corrected chi connectivity index (χ4v) is 5.29. The second-order valence-corrected chi connectivity index (χ2v) is 9.20. The zero-order chi connectivity index (χ0) is 17.9. The van der Waals surface area contributed by atoms with E-state index < -0.39 is 10.0 Å². The van der Waals surface area contributed by atoms with Gasteiger partial charge in [0.05, 0.1) is 10.6 Å². The zero-order valence-electron chi connectivity index (χ0n) is 14.6. The summed E-state index contributed by atoms with van der Waals surface area (Å²) in [5.74, 6) is 1.60. The van der Waals surface area contributed by atoms with E-state index in [4.69, 9.17) is 15.1 Å². The van der Waals surface area contributed by atoms with Crippen molar-refractivity contribution >= 4 is 16.0 Å². The van der Waals surface area contributed by atoms with E-state index in [9.17, 15) is 8.42 Å². The molecular weight excluding hydrogens is 348 g/mol. The number of nitrogens with zero attached hydrogens (tertiary/aromatic N) is 3. The van der Waals surface area contributed by atoms with Crippen molar-refractivity contribution in [1.82, 2.24) is 9.97 Å². The van der Waals surface area contributed by atoms with Gasteiger partial charge in [-0.15, -0.1) is 0 Å². The Morgan fingerprint density at radius 1 is 1.12 bits per heavy atom. The van der Waals surface area contributed by atoms with Gasteiger partial charge in [0.15, 0.2) is 0 Å². The van der Waals surface area contributed by atoms with E-state index in [0.717, 1.165) is 60.2 Å². The first kappa shape index (κ1) is 16.2. The standard InChI is InChI=1S/C19H22N4O2S/c20-26(24,25)14-6-1-4-12(10-14)18-15-7-3-8-16(15)21-19(22-18)23-11-13-5-2-9-17(13)23/h1,4,6,10,13,17H,2-3,5,7-9,11H2,(H2,20,24,25). The number of sulfonamides is 1. The topological polar surface area (TPSA) is 89.2 Å². The minimum absolute atomic E-state index is 0.127. The summed E-state index contributed by atoms with van der Waals surface area (Å²) in [5.41, 5.74) is 3.95. The van der Waals surface area contributed by atoms with Crippen molar-refractivity contribution in [2.75, 3.05) is 11.4 Å². The first-order chi connectivity index (χ1) is 12.5. The number of hydrogen-bond acceptors (Lipinski definition) is 5. The zero-order valence-corrected chi connectivity index (χ0v) is 15.4. The molecular formula is C19H22N4O2S. The van der Waals surface area contributed by atoms with Gasteiger partial charge in [-0.1, -0.05) is 18.6 Å². The van der Waals surface area contributed by atoms with Gasteiger partial charge in [-0.25, -0.2) is 23.5 Å². The third kappa shape index (κ3) is 2.53. The number of aryl methyl sites for hydroxylation is 1. The van der Waals surface area contributed by atoms with Crippen molar-refractivity contribution in [2.24, 2.45) is 11.1 Å². The fourth-order valence-electron chi connectivity index (χ4n) is 4.73. The predicted octanol–water partition coefficient (Wildman–Crippen LogP) is 2.27. The first-order valence-electron chi connectivity index (χ1n) is 9.30. The van der Waals surface area contributed by atoms with Crippen molar-refractivity contribution in [3.63, 3.8) is 0 Å². The molecule has 3 aliphatic rings. The molecule has 2 aromatic rings. The summed E-state index contributed by atoms with van der Waals surface area (Å²) >= 11 is 0. The van der Waals surface area contributed by atoms with E-state index >= 15 is 0 Å². The molecule has 2 fully saturated rings. The number of primary sulfonamides is 1. The van der Waals surface area contributed by atoms with Crippen LogP contribution in [0.4, 0.5) is 5.95 Å². The van der Waals surface area contributed by atoms with Crippen molar-refractivity contribution in [2.45, 2.75) is 49.5 Å². The summed E-state index contributed by atoms with van der Waals surface area (Å²) in [5, 5.41) is 5.31. The summed E-state index contributed by atoms with van der Waals surface area (Å²) < 4.78 is 23.5. The lowest BCUT2D eigenvalue weighted by Crippen LogP contribution is -2.54. The number of fused-ring (bicyclic) bond motifs is 2. The molecule has 6 nitrogen and oxygen atoms in total. The highest BCUT2D eigenvalue weighted by Gasteiger charge is 2.43. The van der Waals surface area contributed by atoms with Crippen LogP contribution in [-0.2, 0) is 22.9 Å². The van der Waals surface area contributed by atoms with Gasteiger partial charge in [0, 0.05) is 29.4 Å². The molecule has 0 spiro atoms. The van der Waals surface area contributed by atoms with Gasteiger partial charge in [0.2, 0.25) is 16.0 Å². The lowest BCUT2D eigenvalue weighted by Gasteiger charge is -2.44. The monoisotopic (exact) mass is 370 g/mol. The number of anilines is 1. The van der Waals surface area contributed by atoms with E-state index in [1.54, 1.807) is 12.1 Å². The lowest BCUT2D eigenvalue weighted by molar-refractivity contribution is 0.333. The smallest absolute Gasteiger partial charge is 0.238 e. The molecule has 2 atom stereocenters. The minimum Gasteiger partial charge on any atom is -0.337 e. The van der Waals surface area contributed by atoms with Crippen LogP contribution in [0.15, 0.2) is 29.2 Å². The van der Waals surface area contributed by atoms with E-state index in [-0.39, 0.29) is 4.90 Å². The van der Waals surface area contributed by atoms with Crippen LogP contribution in [0.1, 0.15) is 36.9 Å². The number of nitrogens with two attached hydrogens (primary N) is 1. The quantitative estimate of drug-likeness (QED) is 0.895. The van der Waals surface area contributed by atoms with Crippen molar-refractivity contribution in [1.29, 1.82) is 0 Å². The Bertz CT molecular complexity index is 989. The van der Waals surface area contributed by atoms with Gasteiger partial charge in [0.1, 0.15) is 0 Å². The summed E-state index contributed by atoms with van der Waals surface area (Å²) in [4.78, 5) is 12.2. The fraction of sp³-hybridized carbons (Fsp3) is 0.474. The molecule has 1 aliphatic heterocycles. The molecule has 7 heteroatoms. The predicted molar refractivity (Wildman–Crippen MR) is 99.3 cm³/mol. The normalized spacial score (nSPS) is 24.3. The SMILES string of the molecule is NS(=O)(=O)c1cccc(-c2nc(N3CC4CCCC43)nc3c2CCC3)c1. The lowest BCUT2D eigenvalue weighted by atomic mass is 9.92. The Morgan fingerprint density at radius 2 is 2.00 bits per heavy atom. The Morgan fingerprint density at radius 3 is 2.81 bits per heavy atom. The Kier molecular flexibility index (Phi) is 3.59. The number of rotatable bonds is 3. The Hall–Kier alpha value is -1.99. The van der Waals surface area contributed by atoms with E-state index in [1.807, 2.05) is 6.07 Å². The van der Waals surface area contributed by atoms with Crippen molar-refractivity contribution < 1.29 is 8.42 Å². The van der Waals surface area contributed by atoms with E-state index in [1.165, 1.54) is 25.3 Å². The average molecular weight is 370 g/mol. The molecule has 5 rings (SSSR count). The third-order valence-electron chi connectivity index (χ3n) is 6.06. The molecule has 0 bridgehead atoms. The molecule has 2 unspecified atom stereocenters. The van der Waals surface area contributed by atoms with Gasteiger partial charge in [-0.2, -0.15) is 0 Å². The second-order valence-electron chi connectivity index (χ2n) is 7.63. The van der Waals surface area contributed by atoms with Gasteiger partial charge in [-0.3, -0.25) is 0 Å². The maximum absolute atomic E-state index is 11.7. The Balaban J connectivity index is 1.61. The number of hydrogen-bond donors (Lipinski definition) is 1. The largest absolute Gasteiger partial charge is 0.337 e. The van der Waals surface area contributed by atoms with E-state index in [0.29, 0.717) is 6.04 Å². The highest BCUT2D eigenvalue weighted by Crippen LogP contribution is 2.42. The first-order valence-corrected chi connectivity index (χ1v) is 10.8. The number of aromatic nitrogens is 2. The molecule has 2 N–H and O–H groups in total. The van der Waals surface area contributed by atoms with Crippen molar-refractivity contribution in [3.05, 3.63) is 35.5 Å². The second kappa shape index (κ2) is 5.76. The average Bonchev–Trinajstić information content (AvgIpc) is 3.21. The molecule has 1 saturated heterocycles. The summed E-state index contributed by atoms with van der Waals surface area (Å²) in [6.07, 6.45) is 6.81. The molecule has 0 radical (unpaired) electrons. The third-order valence-corrected chi connectivity index (χ3v) is 6.98. The molecule has 0 amide bonds. The van der Waals surface area contributed by atoms with Crippen molar-refractivity contribution in [3.8, 4) is 11.3 Å². The van der Waals surface area contributed by atoms with Crippen LogP contribution in [0.3, 0.4) is 0 Å². The summed E-state index contributed by atoms with van der Waals surface area (Å²) in [6, 6.07) is 7.38. The Labute approximate surface area is 153 Å². The molecule has 26 heavy (non-hydrogen) atoms. The number of benzene rings is 1. The maximum Gasteiger partial charge on any atom is 0.238 e. The van der Waals surface area contributed by atoms with Crippen LogP contribution >= 0.6 is 0 Å². The molecule has 2 heterocycles. The molecule has 1 saturated carbocycles.